The van der Waals surface area contributed by atoms with Gasteiger partial charge < -0.3 is 4.74 Å². The average molecular weight is 163 g/mol. The third kappa shape index (κ3) is 1.84. The summed E-state index contributed by atoms with van der Waals surface area (Å²) in [6.07, 6.45) is 2.21. The van der Waals surface area contributed by atoms with Crippen molar-refractivity contribution < 1.29 is 9.53 Å². The van der Waals surface area contributed by atoms with Crippen LogP contribution in [-0.4, -0.2) is 13.4 Å². The third-order valence-electron chi connectivity index (χ3n) is 1.74. The van der Waals surface area contributed by atoms with E-state index >= 15 is 0 Å². The van der Waals surface area contributed by atoms with E-state index < -0.39 is 0 Å². The van der Waals surface area contributed by atoms with E-state index in [2.05, 4.69) is 0 Å². The first-order valence-corrected chi connectivity index (χ1v) is 3.76. The topological polar surface area (TPSA) is 26.3 Å². The van der Waals surface area contributed by atoms with Crippen molar-refractivity contribution in [3.8, 4) is 5.75 Å². The molecule has 0 aliphatic carbocycles. The molecule has 0 spiro atoms. The van der Waals surface area contributed by atoms with Gasteiger partial charge in [0, 0.05) is 6.42 Å². The van der Waals surface area contributed by atoms with E-state index in [-0.39, 0.29) is 0 Å². The standard InChI is InChI=1S/C10H11O2/c1-8-7-9(5-6-11)3-4-10(8)12-2/h3-4,7H,5H2,1-2H3. The van der Waals surface area contributed by atoms with Gasteiger partial charge in [0.2, 0.25) is 6.29 Å². The lowest BCUT2D eigenvalue weighted by molar-refractivity contribution is 0.411. The van der Waals surface area contributed by atoms with Crippen LogP contribution in [0.25, 0.3) is 0 Å². The predicted molar refractivity (Wildman–Crippen MR) is 47.1 cm³/mol. The molecule has 0 aromatic heterocycles. The zero-order valence-electron chi connectivity index (χ0n) is 7.26. The Kier molecular flexibility index (Phi) is 2.86. The van der Waals surface area contributed by atoms with Gasteiger partial charge in [0.05, 0.1) is 7.11 Å². The number of hydrogen-bond donors (Lipinski definition) is 0. The second-order valence-electron chi connectivity index (χ2n) is 2.63. The Hall–Kier alpha value is -1.31. The summed E-state index contributed by atoms with van der Waals surface area (Å²) in [4.78, 5) is 10.1. The molecule has 0 atom stereocenters. The van der Waals surface area contributed by atoms with Crippen LogP contribution >= 0.6 is 0 Å². The maximum Gasteiger partial charge on any atom is 0.203 e. The van der Waals surface area contributed by atoms with E-state index in [1.165, 1.54) is 0 Å². The molecule has 0 N–H and O–H groups in total. The fourth-order valence-corrected chi connectivity index (χ4v) is 1.13. The van der Waals surface area contributed by atoms with Gasteiger partial charge in [0.15, 0.2) is 0 Å². The second-order valence-corrected chi connectivity index (χ2v) is 2.63. The largest absolute Gasteiger partial charge is 0.496 e. The van der Waals surface area contributed by atoms with Crippen LogP contribution in [0.2, 0.25) is 0 Å². The molecule has 0 bridgehead atoms. The normalized spacial score (nSPS) is 9.50. The Bertz CT molecular complexity index is 279. The Labute approximate surface area is 72.2 Å². The minimum atomic E-state index is 0.352. The van der Waals surface area contributed by atoms with Crippen LogP contribution < -0.4 is 4.74 Å². The summed E-state index contributed by atoms with van der Waals surface area (Å²) in [5.41, 5.74) is 2.02. The Balaban J connectivity index is 2.93. The monoisotopic (exact) mass is 163 g/mol. The highest BCUT2D eigenvalue weighted by Gasteiger charge is 1.98. The van der Waals surface area contributed by atoms with Crippen molar-refractivity contribution in [2.45, 2.75) is 13.3 Å². The predicted octanol–water partition coefficient (Wildman–Crippen LogP) is 1.66. The number of carbonyl (C=O) groups excluding carboxylic acids is 1. The minimum Gasteiger partial charge on any atom is -0.496 e. The van der Waals surface area contributed by atoms with Gasteiger partial charge in [0.25, 0.3) is 0 Å². The van der Waals surface area contributed by atoms with Gasteiger partial charge in [-0.2, -0.15) is 0 Å². The summed E-state index contributed by atoms with van der Waals surface area (Å²) >= 11 is 0. The molecule has 0 saturated carbocycles. The van der Waals surface area contributed by atoms with Gasteiger partial charge in [-0.05, 0) is 24.1 Å². The molecule has 12 heavy (non-hydrogen) atoms. The molecule has 0 heterocycles. The Morgan fingerprint density at radius 1 is 1.50 bits per heavy atom. The van der Waals surface area contributed by atoms with Crippen LogP contribution in [0.1, 0.15) is 11.1 Å². The molecule has 0 aliphatic heterocycles. The molecule has 0 fully saturated rings. The molecular formula is C10H11O2. The fourth-order valence-electron chi connectivity index (χ4n) is 1.13. The van der Waals surface area contributed by atoms with Gasteiger partial charge in [-0.1, -0.05) is 12.1 Å². The highest BCUT2D eigenvalue weighted by molar-refractivity contribution is 5.56. The van der Waals surface area contributed by atoms with Crippen molar-refractivity contribution in [2.75, 3.05) is 7.11 Å². The minimum absolute atomic E-state index is 0.352. The molecule has 1 rings (SSSR count). The highest BCUT2D eigenvalue weighted by Crippen LogP contribution is 2.18. The fraction of sp³-hybridized carbons (Fsp3) is 0.300. The van der Waals surface area contributed by atoms with Crippen LogP contribution in [-0.2, 0) is 11.2 Å². The zero-order chi connectivity index (χ0) is 8.97. The van der Waals surface area contributed by atoms with Crippen LogP contribution in [0, 0.1) is 6.92 Å². The van der Waals surface area contributed by atoms with Crippen molar-refractivity contribution in [1.82, 2.24) is 0 Å². The second kappa shape index (κ2) is 3.90. The number of methoxy groups -OCH3 is 1. The van der Waals surface area contributed by atoms with Crippen molar-refractivity contribution in [1.29, 1.82) is 0 Å². The molecule has 0 aliphatic rings. The highest BCUT2D eigenvalue weighted by atomic mass is 16.5. The Morgan fingerprint density at radius 2 is 2.25 bits per heavy atom. The molecule has 0 saturated heterocycles. The molecule has 63 valence electrons. The van der Waals surface area contributed by atoms with Gasteiger partial charge in [-0.15, -0.1) is 0 Å². The van der Waals surface area contributed by atoms with Crippen LogP contribution in [0.5, 0.6) is 5.75 Å². The van der Waals surface area contributed by atoms with Crippen molar-refractivity contribution in [2.24, 2.45) is 0 Å². The van der Waals surface area contributed by atoms with Gasteiger partial charge >= 0.3 is 0 Å². The van der Waals surface area contributed by atoms with Crippen LogP contribution in [0.15, 0.2) is 18.2 Å². The first kappa shape index (κ1) is 8.78. The molecule has 0 unspecified atom stereocenters. The maximum atomic E-state index is 10.1. The number of ether oxygens (including phenoxy) is 1. The zero-order valence-corrected chi connectivity index (χ0v) is 7.26. The Morgan fingerprint density at radius 3 is 2.75 bits per heavy atom. The lowest BCUT2D eigenvalue weighted by Gasteiger charge is -2.04. The van der Waals surface area contributed by atoms with E-state index in [1.807, 2.05) is 31.4 Å². The number of benzene rings is 1. The maximum absolute atomic E-state index is 10.1. The lowest BCUT2D eigenvalue weighted by Crippen LogP contribution is -1.90. The molecule has 1 aromatic rings. The van der Waals surface area contributed by atoms with E-state index in [9.17, 15) is 4.79 Å². The quantitative estimate of drug-likeness (QED) is 0.677. The van der Waals surface area contributed by atoms with Crippen molar-refractivity contribution in [3.63, 3.8) is 0 Å². The average Bonchev–Trinajstić information content (AvgIpc) is 2.05. The number of rotatable bonds is 3. The summed E-state index contributed by atoms with van der Waals surface area (Å²) < 4.78 is 5.08. The van der Waals surface area contributed by atoms with Gasteiger partial charge in [0.1, 0.15) is 5.75 Å². The smallest absolute Gasteiger partial charge is 0.203 e. The molecule has 1 radical (unpaired) electrons. The first-order chi connectivity index (χ1) is 5.77. The summed E-state index contributed by atoms with van der Waals surface area (Å²) in [7, 11) is 1.63. The van der Waals surface area contributed by atoms with E-state index in [1.54, 1.807) is 7.11 Å². The van der Waals surface area contributed by atoms with Gasteiger partial charge in [-0.3, -0.25) is 4.79 Å². The third-order valence-corrected chi connectivity index (χ3v) is 1.74. The van der Waals surface area contributed by atoms with Crippen LogP contribution in [0.4, 0.5) is 0 Å². The molecule has 2 nitrogen and oxygen atoms in total. The number of aryl methyl sites for hydroxylation is 1. The van der Waals surface area contributed by atoms with Gasteiger partial charge in [-0.25, -0.2) is 0 Å². The van der Waals surface area contributed by atoms with Crippen molar-refractivity contribution >= 4 is 6.29 Å². The molecule has 0 amide bonds. The van der Waals surface area contributed by atoms with Crippen LogP contribution in [0.3, 0.4) is 0 Å². The summed E-state index contributed by atoms with van der Waals surface area (Å²) in [5, 5.41) is 0. The van der Waals surface area contributed by atoms with E-state index in [0.29, 0.717) is 6.42 Å². The summed E-state index contributed by atoms with van der Waals surface area (Å²) in [6.45, 7) is 1.95. The lowest BCUT2D eigenvalue weighted by atomic mass is 10.1. The summed E-state index contributed by atoms with van der Waals surface area (Å²) in [5.74, 6) is 0.852. The molecule has 2 heteroatoms. The molecular weight excluding hydrogens is 152 g/mol. The SMILES string of the molecule is COc1ccc(C[C]=O)cc1C. The van der Waals surface area contributed by atoms with E-state index in [4.69, 9.17) is 4.74 Å². The van der Waals surface area contributed by atoms with E-state index in [0.717, 1.165) is 16.9 Å². The summed E-state index contributed by atoms with van der Waals surface area (Å²) in [6, 6.07) is 5.67. The molecule has 1 aromatic carbocycles. The van der Waals surface area contributed by atoms with Crippen molar-refractivity contribution in [3.05, 3.63) is 29.3 Å². The first-order valence-electron chi connectivity index (χ1n) is 3.76. The number of hydrogen-bond acceptors (Lipinski definition) is 2.